The number of fused-ring (bicyclic) bond motifs is 1. The van der Waals surface area contributed by atoms with Crippen LogP contribution in [0.15, 0.2) is 18.2 Å². The third-order valence-electron chi connectivity index (χ3n) is 3.40. The molecule has 2 aromatic rings. The molecule has 3 rings (SSSR count). The Morgan fingerprint density at radius 2 is 2.37 bits per heavy atom. The van der Waals surface area contributed by atoms with Gasteiger partial charge in [0.25, 0.3) is 0 Å². The SMILES string of the molecule is CC(CN)C(=O)Nc1ccc2nc(C3CC3)sc2c1. The highest BCUT2D eigenvalue weighted by molar-refractivity contribution is 7.18. The fourth-order valence-electron chi connectivity index (χ4n) is 1.90. The molecule has 4 nitrogen and oxygen atoms in total. The number of hydrogen-bond donors (Lipinski definition) is 2. The number of carbonyl (C=O) groups is 1. The Balaban J connectivity index is 1.82. The molecule has 1 unspecified atom stereocenters. The van der Waals surface area contributed by atoms with Crippen molar-refractivity contribution in [3.63, 3.8) is 0 Å². The summed E-state index contributed by atoms with van der Waals surface area (Å²) in [5, 5.41) is 4.13. The Morgan fingerprint density at radius 3 is 3.05 bits per heavy atom. The smallest absolute Gasteiger partial charge is 0.228 e. The molecule has 1 aromatic heterocycles. The number of nitrogens with two attached hydrogens (primary N) is 1. The maximum atomic E-state index is 11.8. The number of amides is 1. The van der Waals surface area contributed by atoms with Gasteiger partial charge in [0.05, 0.1) is 15.2 Å². The summed E-state index contributed by atoms with van der Waals surface area (Å²) < 4.78 is 1.14. The first-order valence-corrected chi connectivity index (χ1v) is 7.40. The Kier molecular flexibility index (Phi) is 3.24. The van der Waals surface area contributed by atoms with Crippen molar-refractivity contribution in [2.75, 3.05) is 11.9 Å². The first-order valence-electron chi connectivity index (χ1n) is 6.59. The van der Waals surface area contributed by atoms with E-state index in [0.717, 1.165) is 15.9 Å². The number of anilines is 1. The third-order valence-corrected chi connectivity index (χ3v) is 4.58. The molecule has 0 spiro atoms. The number of benzene rings is 1. The van der Waals surface area contributed by atoms with E-state index in [-0.39, 0.29) is 11.8 Å². The van der Waals surface area contributed by atoms with E-state index in [4.69, 9.17) is 5.73 Å². The first kappa shape index (κ1) is 12.6. The summed E-state index contributed by atoms with van der Waals surface area (Å²) >= 11 is 1.74. The van der Waals surface area contributed by atoms with E-state index in [9.17, 15) is 4.79 Å². The fraction of sp³-hybridized carbons (Fsp3) is 0.429. The number of nitrogens with one attached hydrogen (secondary N) is 1. The molecule has 1 heterocycles. The molecule has 1 aromatic carbocycles. The summed E-state index contributed by atoms with van der Waals surface area (Å²) in [5.41, 5.74) is 7.34. The van der Waals surface area contributed by atoms with Gasteiger partial charge >= 0.3 is 0 Å². The Labute approximate surface area is 116 Å². The molecule has 3 N–H and O–H groups in total. The van der Waals surface area contributed by atoms with Crippen LogP contribution in [0.1, 0.15) is 30.7 Å². The fourth-order valence-corrected chi connectivity index (χ4v) is 3.07. The van der Waals surface area contributed by atoms with Gasteiger partial charge in [-0.15, -0.1) is 11.3 Å². The lowest BCUT2D eigenvalue weighted by Gasteiger charge is -2.09. The van der Waals surface area contributed by atoms with Gasteiger partial charge in [-0.05, 0) is 31.0 Å². The van der Waals surface area contributed by atoms with Gasteiger partial charge in [-0.2, -0.15) is 0 Å². The first-order chi connectivity index (χ1) is 9.17. The Hall–Kier alpha value is -1.46. The predicted octanol–water partition coefficient (Wildman–Crippen LogP) is 2.71. The van der Waals surface area contributed by atoms with Crippen molar-refractivity contribution >= 4 is 33.1 Å². The van der Waals surface area contributed by atoms with Crippen molar-refractivity contribution in [2.24, 2.45) is 11.7 Å². The molecule has 1 aliphatic rings. The molecular formula is C14H17N3OS. The maximum Gasteiger partial charge on any atom is 0.228 e. The molecule has 0 radical (unpaired) electrons. The number of carbonyl (C=O) groups excluding carboxylic acids is 1. The number of hydrogen-bond acceptors (Lipinski definition) is 4. The van der Waals surface area contributed by atoms with Crippen LogP contribution in [0, 0.1) is 5.92 Å². The second-order valence-corrected chi connectivity index (χ2v) is 6.20. The van der Waals surface area contributed by atoms with Gasteiger partial charge < -0.3 is 11.1 Å². The highest BCUT2D eigenvalue weighted by Crippen LogP contribution is 2.43. The monoisotopic (exact) mass is 275 g/mol. The van der Waals surface area contributed by atoms with Gasteiger partial charge in [0.2, 0.25) is 5.91 Å². The zero-order valence-electron chi connectivity index (χ0n) is 10.8. The summed E-state index contributed by atoms with van der Waals surface area (Å²) in [6, 6.07) is 5.88. The largest absolute Gasteiger partial charge is 0.330 e. The van der Waals surface area contributed by atoms with Gasteiger partial charge in [0, 0.05) is 24.1 Å². The quantitative estimate of drug-likeness (QED) is 0.901. The van der Waals surface area contributed by atoms with Crippen LogP contribution in [0.2, 0.25) is 0 Å². The number of aromatic nitrogens is 1. The van der Waals surface area contributed by atoms with Gasteiger partial charge in [0.15, 0.2) is 0 Å². The summed E-state index contributed by atoms with van der Waals surface area (Å²) in [5.74, 6) is 0.473. The molecule has 1 aliphatic carbocycles. The van der Waals surface area contributed by atoms with Crippen LogP contribution in [0.25, 0.3) is 10.2 Å². The third kappa shape index (κ3) is 2.62. The van der Waals surface area contributed by atoms with Crippen molar-refractivity contribution in [3.8, 4) is 0 Å². The maximum absolute atomic E-state index is 11.8. The molecule has 0 bridgehead atoms. The van der Waals surface area contributed by atoms with Crippen LogP contribution in [0.4, 0.5) is 5.69 Å². The molecule has 19 heavy (non-hydrogen) atoms. The van der Waals surface area contributed by atoms with Crippen molar-refractivity contribution < 1.29 is 4.79 Å². The van der Waals surface area contributed by atoms with Crippen LogP contribution in [-0.4, -0.2) is 17.4 Å². The second-order valence-electron chi connectivity index (χ2n) is 5.13. The summed E-state index contributed by atoms with van der Waals surface area (Å²) in [4.78, 5) is 16.4. The topological polar surface area (TPSA) is 68.0 Å². The molecule has 100 valence electrons. The second kappa shape index (κ2) is 4.90. The van der Waals surface area contributed by atoms with Crippen molar-refractivity contribution in [3.05, 3.63) is 23.2 Å². The van der Waals surface area contributed by atoms with Crippen molar-refractivity contribution in [1.82, 2.24) is 4.98 Å². The molecule has 1 amide bonds. The van der Waals surface area contributed by atoms with E-state index in [0.29, 0.717) is 12.5 Å². The van der Waals surface area contributed by atoms with E-state index >= 15 is 0 Å². The van der Waals surface area contributed by atoms with Crippen LogP contribution in [-0.2, 0) is 4.79 Å². The van der Waals surface area contributed by atoms with Crippen molar-refractivity contribution in [1.29, 1.82) is 0 Å². The highest BCUT2D eigenvalue weighted by Gasteiger charge is 2.27. The minimum Gasteiger partial charge on any atom is -0.330 e. The lowest BCUT2D eigenvalue weighted by atomic mass is 10.1. The lowest BCUT2D eigenvalue weighted by molar-refractivity contribution is -0.119. The molecule has 0 aliphatic heterocycles. The zero-order valence-corrected chi connectivity index (χ0v) is 11.7. The van der Waals surface area contributed by atoms with E-state index in [1.807, 2.05) is 25.1 Å². The van der Waals surface area contributed by atoms with Gasteiger partial charge in [-0.25, -0.2) is 4.98 Å². The number of thiazole rings is 1. The van der Waals surface area contributed by atoms with E-state index < -0.39 is 0 Å². The predicted molar refractivity (Wildman–Crippen MR) is 78.4 cm³/mol. The number of rotatable bonds is 4. The Bertz CT molecular complexity index is 618. The molecule has 1 atom stereocenters. The van der Waals surface area contributed by atoms with E-state index in [1.54, 1.807) is 11.3 Å². The van der Waals surface area contributed by atoms with Gasteiger partial charge in [-0.3, -0.25) is 4.79 Å². The minimum absolute atomic E-state index is 0.0335. The average Bonchev–Trinajstić information content (AvgIpc) is 3.17. The molecule has 0 saturated heterocycles. The lowest BCUT2D eigenvalue weighted by Crippen LogP contribution is -2.26. The van der Waals surface area contributed by atoms with E-state index in [2.05, 4.69) is 10.3 Å². The van der Waals surface area contributed by atoms with Crippen molar-refractivity contribution in [2.45, 2.75) is 25.7 Å². The van der Waals surface area contributed by atoms with Crippen LogP contribution in [0.5, 0.6) is 0 Å². The average molecular weight is 275 g/mol. The molecule has 1 saturated carbocycles. The van der Waals surface area contributed by atoms with Gasteiger partial charge in [0.1, 0.15) is 0 Å². The number of nitrogens with zero attached hydrogens (tertiary/aromatic N) is 1. The highest BCUT2D eigenvalue weighted by atomic mass is 32.1. The van der Waals surface area contributed by atoms with Crippen LogP contribution >= 0.6 is 11.3 Å². The normalized spacial score (nSPS) is 16.5. The molecule has 1 fully saturated rings. The zero-order chi connectivity index (χ0) is 13.4. The molecular weight excluding hydrogens is 258 g/mol. The van der Waals surface area contributed by atoms with Gasteiger partial charge in [-0.1, -0.05) is 6.92 Å². The standard InChI is InChI=1S/C14H17N3OS/c1-8(7-15)13(18)16-10-4-5-11-12(6-10)19-14(17-11)9-2-3-9/h4-6,8-9H,2-3,7,15H2,1H3,(H,16,18). The minimum atomic E-state index is -0.167. The van der Waals surface area contributed by atoms with E-state index in [1.165, 1.54) is 17.8 Å². The summed E-state index contributed by atoms with van der Waals surface area (Å²) in [6.45, 7) is 2.19. The molecule has 5 heteroatoms. The summed E-state index contributed by atoms with van der Waals surface area (Å²) in [6.07, 6.45) is 2.52. The Morgan fingerprint density at radius 1 is 1.58 bits per heavy atom. The van der Waals surface area contributed by atoms with Crippen LogP contribution in [0.3, 0.4) is 0 Å². The van der Waals surface area contributed by atoms with Crippen LogP contribution < -0.4 is 11.1 Å². The summed E-state index contributed by atoms with van der Waals surface area (Å²) in [7, 11) is 0.